The first-order valence-corrected chi connectivity index (χ1v) is 12.2. The summed E-state index contributed by atoms with van der Waals surface area (Å²) in [6.45, 7) is 3.08. The van der Waals surface area contributed by atoms with Crippen LogP contribution in [0.3, 0.4) is 0 Å². The lowest BCUT2D eigenvalue weighted by Gasteiger charge is -2.28. The molecule has 0 unspecified atom stereocenters. The predicted octanol–water partition coefficient (Wildman–Crippen LogP) is 5.92. The van der Waals surface area contributed by atoms with Gasteiger partial charge in [-0.3, -0.25) is 9.59 Å². The largest absolute Gasteiger partial charge is 0.480 e. The molecule has 0 fully saturated rings. The molecule has 0 atom stereocenters. The van der Waals surface area contributed by atoms with E-state index in [1.54, 1.807) is 0 Å². The van der Waals surface area contributed by atoms with E-state index in [1.165, 1.54) is 5.56 Å². The van der Waals surface area contributed by atoms with Gasteiger partial charge in [-0.2, -0.15) is 0 Å². The zero-order chi connectivity index (χ0) is 23.8. The number of hydrogen-bond acceptors (Lipinski definition) is 2. The van der Waals surface area contributed by atoms with Crippen LogP contribution in [0.2, 0.25) is 0 Å². The third-order valence-electron chi connectivity index (χ3n) is 6.62. The molecule has 6 heteroatoms. The number of aryl methyl sites for hydroxylation is 1. The van der Waals surface area contributed by atoms with Gasteiger partial charge in [0.05, 0.1) is 0 Å². The zero-order valence-electron chi connectivity index (χ0n) is 18.9. The van der Waals surface area contributed by atoms with Crippen molar-refractivity contribution < 1.29 is 14.7 Å². The van der Waals surface area contributed by atoms with E-state index in [4.69, 9.17) is 0 Å². The van der Waals surface area contributed by atoms with E-state index in [-0.39, 0.29) is 12.5 Å². The molecule has 34 heavy (non-hydrogen) atoms. The molecular weight excluding hydrogens is 492 g/mol. The molecule has 1 aliphatic rings. The van der Waals surface area contributed by atoms with Crippen LogP contribution in [-0.4, -0.2) is 33.0 Å². The Bertz CT molecular complexity index is 1390. The number of fused-ring (bicyclic) bond motifs is 3. The lowest BCUT2D eigenvalue weighted by atomic mass is 10.0. The van der Waals surface area contributed by atoms with E-state index < -0.39 is 5.97 Å². The number of nitrogens with zero attached hydrogens (tertiary/aromatic N) is 2. The highest BCUT2D eigenvalue weighted by Crippen LogP contribution is 2.33. The van der Waals surface area contributed by atoms with E-state index in [2.05, 4.69) is 47.1 Å². The number of carboxylic acids is 1. The van der Waals surface area contributed by atoms with Crippen LogP contribution < -0.4 is 0 Å². The topological polar surface area (TPSA) is 62.5 Å². The molecule has 5 rings (SSSR count). The molecule has 2 heterocycles. The third-order valence-corrected chi connectivity index (χ3v) is 7.12. The van der Waals surface area contributed by atoms with Crippen molar-refractivity contribution in [3.05, 3.63) is 93.6 Å². The average molecular weight is 517 g/mol. The van der Waals surface area contributed by atoms with Gasteiger partial charge in [-0.25, -0.2) is 0 Å². The second kappa shape index (κ2) is 9.11. The standard InChI is InChI=1S/C28H25BrN2O3/c1-2-18-3-5-19(6-4-18)20-7-9-21(10-8-20)28(34)30-14-13-26-24(16-30)23-15-22(29)11-12-25(23)31(26)17-27(32)33/h3-12,15H,2,13-14,16-17H2,1H3,(H,32,33). The van der Waals surface area contributed by atoms with Gasteiger partial charge in [0.2, 0.25) is 0 Å². The fraction of sp³-hybridized carbons (Fsp3) is 0.214. The quantitative estimate of drug-likeness (QED) is 0.358. The second-order valence-electron chi connectivity index (χ2n) is 8.67. The van der Waals surface area contributed by atoms with E-state index >= 15 is 0 Å². The number of amides is 1. The van der Waals surface area contributed by atoms with Gasteiger partial charge in [0.1, 0.15) is 6.54 Å². The van der Waals surface area contributed by atoms with Crippen molar-refractivity contribution >= 4 is 38.7 Å². The minimum atomic E-state index is -0.870. The second-order valence-corrected chi connectivity index (χ2v) is 9.59. The number of carboxylic acid groups (broad SMARTS) is 1. The maximum absolute atomic E-state index is 13.3. The summed E-state index contributed by atoms with van der Waals surface area (Å²) >= 11 is 3.53. The van der Waals surface area contributed by atoms with Crippen LogP contribution in [0.4, 0.5) is 0 Å². The molecular formula is C28H25BrN2O3. The summed E-state index contributed by atoms with van der Waals surface area (Å²) in [5, 5.41) is 10.4. The molecule has 0 saturated heterocycles. The number of aromatic nitrogens is 1. The molecule has 0 radical (unpaired) electrons. The number of hydrogen-bond donors (Lipinski definition) is 1. The maximum Gasteiger partial charge on any atom is 0.323 e. The van der Waals surface area contributed by atoms with Crippen LogP contribution in [0.1, 0.15) is 34.1 Å². The zero-order valence-corrected chi connectivity index (χ0v) is 20.5. The first-order valence-electron chi connectivity index (χ1n) is 11.4. The minimum absolute atomic E-state index is 0.00679. The fourth-order valence-electron chi connectivity index (χ4n) is 4.83. The van der Waals surface area contributed by atoms with Gasteiger partial charge in [0.15, 0.2) is 0 Å². The SMILES string of the molecule is CCc1ccc(-c2ccc(C(=O)N3CCc4c(c5cc(Br)ccc5n4CC(=O)O)C3)cc2)cc1. The number of halogens is 1. The molecule has 172 valence electrons. The molecule has 1 aliphatic heterocycles. The smallest absolute Gasteiger partial charge is 0.323 e. The van der Waals surface area contributed by atoms with Crippen molar-refractivity contribution in [3.63, 3.8) is 0 Å². The van der Waals surface area contributed by atoms with Crippen molar-refractivity contribution in [3.8, 4) is 11.1 Å². The molecule has 0 spiro atoms. The van der Waals surface area contributed by atoms with Gasteiger partial charge >= 0.3 is 5.97 Å². The van der Waals surface area contributed by atoms with Gasteiger partial charge in [0.25, 0.3) is 5.91 Å². The molecule has 5 nitrogen and oxygen atoms in total. The molecule has 1 amide bonds. The summed E-state index contributed by atoms with van der Waals surface area (Å²) in [4.78, 5) is 26.7. The van der Waals surface area contributed by atoms with Gasteiger partial charge < -0.3 is 14.6 Å². The van der Waals surface area contributed by atoms with Crippen molar-refractivity contribution in [2.75, 3.05) is 6.54 Å². The average Bonchev–Trinajstić information content (AvgIpc) is 3.15. The Labute approximate surface area is 206 Å². The van der Waals surface area contributed by atoms with E-state index in [1.807, 2.05) is 51.9 Å². The minimum Gasteiger partial charge on any atom is -0.480 e. The number of rotatable bonds is 5. The summed E-state index contributed by atoms with van der Waals surface area (Å²) < 4.78 is 2.81. The molecule has 1 N–H and O–H groups in total. The summed E-state index contributed by atoms with van der Waals surface area (Å²) in [7, 11) is 0. The molecule has 1 aromatic heterocycles. The van der Waals surface area contributed by atoms with Crippen molar-refractivity contribution in [2.24, 2.45) is 0 Å². The Morgan fingerprint density at radius 1 is 0.971 bits per heavy atom. The van der Waals surface area contributed by atoms with Gasteiger partial charge in [-0.15, -0.1) is 0 Å². The van der Waals surface area contributed by atoms with Crippen LogP contribution in [-0.2, 0) is 30.7 Å². The number of aliphatic carboxylic acids is 1. The van der Waals surface area contributed by atoms with Gasteiger partial charge in [0, 0.05) is 51.7 Å². The lowest BCUT2D eigenvalue weighted by Crippen LogP contribution is -2.36. The summed E-state index contributed by atoms with van der Waals surface area (Å²) in [6, 6.07) is 22.2. The summed E-state index contributed by atoms with van der Waals surface area (Å²) in [5.41, 5.74) is 7.11. The van der Waals surface area contributed by atoms with E-state index in [9.17, 15) is 14.7 Å². The lowest BCUT2D eigenvalue weighted by molar-refractivity contribution is -0.137. The first kappa shape index (κ1) is 22.4. The molecule has 0 bridgehead atoms. The number of carbonyl (C=O) groups excluding carboxylic acids is 1. The number of carbonyl (C=O) groups is 2. The monoisotopic (exact) mass is 516 g/mol. The molecule has 3 aromatic carbocycles. The normalized spacial score (nSPS) is 13.2. The highest BCUT2D eigenvalue weighted by atomic mass is 79.9. The Hall–Kier alpha value is -3.38. The Morgan fingerprint density at radius 3 is 2.29 bits per heavy atom. The Morgan fingerprint density at radius 2 is 1.65 bits per heavy atom. The van der Waals surface area contributed by atoms with Crippen LogP contribution >= 0.6 is 15.9 Å². The first-order chi connectivity index (χ1) is 16.4. The highest BCUT2D eigenvalue weighted by Gasteiger charge is 2.28. The highest BCUT2D eigenvalue weighted by molar-refractivity contribution is 9.10. The van der Waals surface area contributed by atoms with E-state index in [0.29, 0.717) is 25.1 Å². The fourth-order valence-corrected chi connectivity index (χ4v) is 5.19. The molecule has 0 saturated carbocycles. The van der Waals surface area contributed by atoms with Crippen LogP contribution in [0.15, 0.2) is 71.2 Å². The molecule has 4 aromatic rings. The van der Waals surface area contributed by atoms with Crippen LogP contribution in [0, 0.1) is 0 Å². The van der Waals surface area contributed by atoms with Gasteiger partial charge in [-0.05, 0) is 53.4 Å². The number of benzene rings is 3. The Balaban J connectivity index is 1.41. The molecule has 0 aliphatic carbocycles. The maximum atomic E-state index is 13.3. The van der Waals surface area contributed by atoms with Crippen molar-refractivity contribution in [1.82, 2.24) is 9.47 Å². The Kier molecular flexibility index (Phi) is 6.00. The van der Waals surface area contributed by atoms with Crippen molar-refractivity contribution in [1.29, 1.82) is 0 Å². The van der Waals surface area contributed by atoms with E-state index in [0.717, 1.165) is 44.2 Å². The predicted molar refractivity (Wildman–Crippen MR) is 137 cm³/mol. The van der Waals surface area contributed by atoms with Gasteiger partial charge in [-0.1, -0.05) is 59.3 Å². The summed E-state index contributed by atoms with van der Waals surface area (Å²) in [6.07, 6.45) is 1.64. The third kappa shape index (κ3) is 4.14. The van der Waals surface area contributed by atoms with Crippen LogP contribution in [0.5, 0.6) is 0 Å². The van der Waals surface area contributed by atoms with Crippen LogP contribution in [0.25, 0.3) is 22.0 Å². The summed E-state index contributed by atoms with van der Waals surface area (Å²) in [5.74, 6) is -0.877. The van der Waals surface area contributed by atoms with Crippen molar-refractivity contribution in [2.45, 2.75) is 32.9 Å².